The Morgan fingerprint density at radius 3 is 1.42 bits per heavy atom. The first kappa shape index (κ1) is 35.3. The molecule has 6 aromatic carbocycles. The number of fused-ring (bicyclic) bond motifs is 2. The number of rotatable bonds is 17. The number of carbonyl (C=O) groups excluding carboxylic acids is 2. The Morgan fingerprint density at radius 1 is 0.481 bits per heavy atom. The number of ether oxygens (including phenoxy) is 6. The van der Waals surface area contributed by atoms with Crippen molar-refractivity contribution in [1.29, 1.82) is 0 Å². The lowest BCUT2D eigenvalue weighted by molar-refractivity contribution is -0.147. The monoisotopic (exact) mass is 694 g/mol. The van der Waals surface area contributed by atoms with Gasteiger partial charge in [-0.05, 0) is 69.6 Å². The molecule has 0 aliphatic rings. The lowest BCUT2D eigenvalue weighted by Crippen LogP contribution is -2.30. The molecule has 262 valence electrons. The summed E-state index contributed by atoms with van der Waals surface area (Å²) < 4.78 is 35.3. The molecule has 0 radical (unpaired) electrons. The van der Waals surface area contributed by atoms with E-state index in [0.717, 1.165) is 44.8 Å². The molecule has 8 nitrogen and oxygen atoms in total. The van der Waals surface area contributed by atoms with Crippen molar-refractivity contribution in [3.05, 3.63) is 159 Å². The van der Waals surface area contributed by atoms with E-state index >= 15 is 0 Å². The van der Waals surface area contributed by atoms with E-state index in [4.69, 9.17) is 28.4 Å². The summed E-state index contributed by atoms with van der Waals surface area (Å²) in [5.41, 5.74) is 1.71. The van der Waals surface area contributed by atoms with Crippen molar-refractivity contribution in [2.45, 2.75) is 12.2 Å². The number of benzene rings is 6. The Balaban J connectivity index is 1.07. The third-order valence-corrected chi connectivity index (χ3v) is 8.13. The molecule has 6 rings (SSSR count). The Labute approximate surface area is 302 Å². The van der Waals surface area contributed by atoms with E-state index in [-0.39, 0.29) is 26.4 Å². The van der Waals surface area contributed by atoms with Crippen LogP contribution in [0.25, 0.3) is 32.7 Å². The van der Waals surface area contributed by atoms with Crippen LogP contribution in [0.4, 0.5) is 0 Å². The fraction of sp³-hybridized carbons (Fsp3) is 0.136. The molecule has 0 aromatic heterocycles. The van der Waals surface area contributed by atoms with Crippen LogP contribution >= 0.6 is 0 Å². The van der Waals surface area contributed by atoms with Gasteiger partial charge < -0.3 is 28.4 Å². The molecule has 0 heterocycles. The Bertz CT molecular complexity index is 2160. The van der Waals surface area contributed by atoms with E-state index in [1.807, 2.05) is 133 Å². The summed E-state index contributed by atoms with van der Waals surface area (Å²) in [5, 5.41) is 4.30. The van der Waals surface area contributed by atoms with Crippen LogP contribution < -0.4 is 18.9 Å². The zero-order valence-electron chi connectivity index (χ0n) is 28.5. The summed E-state index contributed by atoms with van der Waals surface area (Å²) in [5.74, 6) is 1.36. The van der Waals surface area contributed by atoms with E-state index in [9.17, 15) is 9.59 Å². The quantitative estimate of drug-likeness (QED) is 0.0692. The van der Waals surface area contributed by atoms with Gasteiger partial charge in [0.1, 0.15) is 49.4 Å². The van der Waals surface area contributed by atoms with Gasteiger partial charge in [0.2, 0.25) is 0 Å². The molecular weight excluding hydrogens is 656 g/mol. The van der Waals surface area contributed by atoms with E-state index in [1.54, 1.807) is 0 Å². The van der Waals surface area contributed by atoms with E-state index in [1.165, 1.54) is 0 Å². The SMILES string of the molecule is C=CC(=O)OC(COc1ccc(-c2ccccc2OCC(COc2ccc3ccccc3c2)OC(=O)C=C)cc1)COc1ccc2ccccc2c1. The molecule has 52 heavy (non-hydrogen) atoms. The van der Waals surface area contributed by atoms with Gasteiger partial charge in [-0.3, -0.25) is 0 Å². The Morgan fingerprint density at radius 2 is 0.904 bits per heavy atom. The summed E-state index contributed by atoms with van der Waals surface area (Å²) >= 11 is 0. The summed E-state index contributed by atoms with van der Waals surface area (Å²) in [6, 6.07) is 42.6. The summed E-state index contributed by atoms with van der Waals surface area (Å²) in [4.78, 5) is 24.2. The third kappa shape index (κ3) is 9.57. The average molecular weight is 695 g/mol. The molecular formula is C44H38O8. The van der Waals surface area contributed by atoms with Crippen molar-refractivity contribution < 1.29 is 38.0 Å². The molecule has 0 saturated carbocycles. The maximum atomic E-state index is 12.1. The second-order valence-corrected chi connectivity index (χ2v) is 11.8. The van der Waals surface area contributed by atoms with Crippen molar-refractivity contribution >= 4 is 33.5 Å². The van der Waals surface area contributed by atoms with Gasteiger partial charge in [0, 0.05) is 17.7 Å². The molecule has 0 aliphatic heterocycles. The highest BCUT2D eigenvalue weighted by molar-refractivity contribution is 5.85. The molecule has 0 saturated heterocycles. The van der Waals surface area contributed by atoms with E-state index in [2.05, 4.69) is 13.2 Å². The van der Waals surface area contributed by atoms with E-state index < -0.39 is 24.1 Å². The van der Waals surface area contributed by atoms with Crippen LogP contribution in [0.15, 0.2) is 159 Å². The van der Waals surface area contributed by atoms with Gasteiger partial charge in [0.15, 0.2) is 12.2 Å². The standard InChI is InChI=1S/C44H38O8/c1-3-43(45)51-39(28-48-37-23-17-31-11-5-7-13-34(31)25-37)27-47-36-21-19-33(20-22-36)41-15-9-10-16-42(41)50-30-40(52-44(46)4-2)29-49-38-24-18-32-12-6-8-14-35(32)26-38/h3-26,39-40H,1-2,27-30H2. The Hall–Kier alpha value is -6.54. The van der Waals surface area contributed by atoms with Crippen molar-refractivity contribution in [1.82, 2.24) is 0 Å². The van der Waals surface area contributed by atoms with Crippen molar-refractivity contribution in [3.63, 3.8) is 0 Å². The molecule has 0 spiro atoms. The fourth-order valence-electron chi connectivity index (χ4n) is 5.48. The average Bonchev–Trinajstić information content (AvgIpc) is 3.19. The van der Waals surface area contributed by atoms with Crippen molar-refractivity contribution in [2.75, 3.05) is 26.4 Å². The summed E-state index contributed by atoms with van der Waals surface area (Å²) in [7, 11) is 0. The minimum atomic E-state index is -0.700. The Kier molecular flexibility index (Phi) is 11.8. The highest BCUT2D eigenvalue weighted by atomic mass is 16.6. The van der Waals surface area contributed by atoms with Gasteiger partial charge in [-0.1, -0.05) is 104 Å². The predicted octanol–water partition coefficient (Wildman–Crippen LogP) is 8.77. The molecule has 0 amide bonds. The van der Waals surface area contributed by atoms with Crippen LogP contribution in [0.3, 0.4) is 0 Å². The molecule has 2 unspecified atom stereocenters. The number of para-hydroxylation sites is 1. The van der Waals surface area contributed by atoms with E-state index in [0.29, 0.717) is 23.0 Å². The highest BCUT2D eigenvalue weighted by Crippen LogP contribution is 2.31. The molecule has 0 bridgehead atoms. The normalized spacial score (nSPS) is 11.9. The minimum absolute atomic E-state index is 0.0530. The van der Waals surface area contributed by atoms with Crippen LogP contribution in [0, 0.1) is 0 Å². The van der Waals surface area contributed by atoms with Crippen molar-refractivity contribution in [3.8, 4) is 34.1 Å². The van der Waals surface area contributed by atoms with Gasteiger partial charge in [0.25, 0.3) is 0 Å². The second-order valence-electron chi connectivity index (χ2n) is 11.8. The maximum absolute atomic E-state index is 12.1. The van der Waals surface area contributed by atoms with Gasteiger partial charge in [-0.25, -0.2) is 9.59 Å². The second kappa shape index (κ2) is 17.4. The van der Waals surface area contributed by atoms with Crippen LogP contribution in [0.5, 0.6) is 23.0 Å². The molecule has 2 atom stereocenters. The van der Waals surface area contributed by atoms with Crippen LogP contribution in [0.2, 0.25) is 0 Å². The molecule has 0 N–H and O–H groups in total. The van der Waals surface area contributed by atoms with Gasteiger partial charge in [0.05, 0.1) is 0 Å². The lowest BCUT2D eigenvalue weighted by atomic mass is 10.0. The highest BCUT2D eigenvalue weighted by Gasteiger charge is 2.18. The minimum Gasteiger partial charge on any atom is -0.490 e. The topological polar surface area (TPSA) is 89.5 Å². The van der Waals surface area contributed by atoms with Crippen LogP contribution in [0.1, 0.15) is 0 Å². The lowest BCUT2D eigenvalue weighted by Gasteiger charge is -2.20. The van der Waals surface area contributed by atoms with Gasteiger partial charge in [-0.2, -0.15) is 0 Å². The van der Waals surface area contributed by atoms with Gasteiger partial charge in [-0.15, -0.1) is 0 Å². The number of esters is 2. The van der Waals surface area contributed by atoms with Crippen LogP contribution in [-0.4, -0.2) is 50.6 Å². The number of carbonyl (C=O) groups is 2. The molecule has 8 heteroatoms. The first-order valence-corrected chi connectivity index (χ1v) is 16.8. The first-order chi connectivity index (χ1) is 25.5. The first-order valence-electron chi connectivity index (χ1n) is 16.8. The number of hydrogen-bond acceptors (Lipinski definition) is 8. The summed E-state index contributed by atoms with van der Waals surface area (Å²) in [6.45, 7) is 7.32. The zero-order chi connectivity index (χ0) is 36.1. The van der Waals surface area contributed by atoms with Crippen molar-refractivity contribution in [2.24, 2.45) is 0 Å². The maximum Gasteiger partial charge on any atom is 0.330 e. The summed E-state index contributed by atoms with van der Waals surface area (Å²) in [6.07, 6.45) is 0.846. The fourth-order valence-corrected chi connectivity index (χ4v) is 5.48. The number of hydrogen-bond donors (Lipinski definition) is 0. The predicted molar refractivity (Wildman–Crippen MR) is 202 cm³/mol. The molecule has 6 aromatic rings. The molecule has 0 fully saturated rings. The zero-order valence-corrected chi connectivity index (χ0v) is 28.5. The van der Waals surface area contributed by atoms with Crippen LogP contribution in [-0.2, 0) is 19.1 Å². The van der Waals surface area contributed by atoms with Gasteiger partial charge >= 0.3 is 11.9 Å². The third-order valence-electron chi connectivity index (χ3n) is 8.13. The molecule has 0 aliphatic carbocycles. The largest absolute Gasteiger partial charge is 0.490 e. The smallest absolute Gasteiger partial charge is 0.330 e.